The van der Waals surface area contributed by atoms with Gasteiger partial charge >= 0.3 is 0 Å². The van der Waals surface area contributed by atoms with E-state index in [2.05, 4.69) is 218 Å². The molecular formula is C59H40N2O. The Morgan fingerprint density at radius 1 is 0.387 bits per heavy atom. The number of benzene rings is 8. The topological polar surface area (TPSA) is 35.0 Å². The van der Waals surface area contributed by atoms with Crippen molar-refractivity contribution in [1.29, 1.82) is 0 Å². The molecule has 292 valence electrons. The highest BCUT2D eigenvalue weighted by atomic mass is 16.5. The van der Waals surface area contributed by atoms with E-state index in [9.17, 15) is 0 Å². The van der Waals surface area contributed by atoms with Gasteiger partial charge in [0.15, 0.2) is 5.82 Å². The van der Waals surface area contributed by atoms with E-state index in [-0.39, 0.29) is 0 Å². The minimum atomic E-state index is -0.415. The third kappa shape index (κ3) is 5.89. The highest BCUT2D eigenvalue weighted by molar-refractivity contribution is 5.92. The van der Waals surface area contributed by atoms with E-state index in [1.165, 1.54) is 44.5 Å². The molecule has 0 amide bonds. The van der Waals surface area contributed by atoms with E-state index in [0.29, 0.717) is 5.82 Å². The van der Waals surface area contributed by atoms with Crippen LogP contribution in [0, 0.1) is 0 Å². The highest BCUT2D eigenvalue weighted by Crippen LogP contribution is 2.63. The molecule has 3 nitrogen and oxygen atoms in total. The van der Waals surface area contributed by atoms with Gasteiger partial charge in [0.05, 0.1) is 16.8 Å². The maximum absolute atomic E-state index is 6.88. The number of hydrogen-bond donors (Lipinski definition) is 0. The SMILES string of the molecule is C1=CC2=C(CC1)C1(c3ccccc3Oc3cc(-c4cccc(-c5nc(-c6cccc(-c7ccccc7)c6)cc(-c6cccc(-c7ccccc7)c6)n5)c4)ccc31)c1ccccc12. The van der Waals surface area contributed by atoms with Crippen molar-refractivity contribution in [1.82, 2.24) is 9.97 Å². The maximum atomic E-state index is 6.88. The first-order valence-electron chi connectivity index (χ1n) is 21.4. The zero-order chi connectivity index (χ0) is 41.0. The second kappa shape index (κ2) is 14.7. The van der Waals surface area contributed by atoms with Crippen LogP contribution in [0.1, 0.15) is 35.1 Å². The van der Waals surface area contributed by atoms with Gasteiger partial charge in [-0.15, -0.1) is 0 Å². The Kier molecular flexibility index (Phi) is 8.53. The summed E-state index contributed by atoms with van der Waals surface area (Å²) in [6.45, 7) is 0. The van der Waals surface area contributed by atoms with Crippen LogP contribution in [-0.4, -0.2) is 9.97 Å². The minimum Gasteiger partial charge on any atom is -0.457 e. The lowest BCUT2D eigenvalue weighted by Gasteiger charge is -2.41. The van der Waals surface area contributed by atoms with Crippen LogP contribution in [0.3, 0.4) is 0 Å². The van der Waals surface area contributed by atoms with Gasteiger partial charge in [0.1, 0.15) is 11.5 Å². The first kappa shape index (κ1) is 36.0. The molecule has 1 aliphatic heterocycles. The lowest BCUT2D eigenvalue weighted by Crippen LogP contribution is -2.33. The number of para-hydroxylation sites is 1. The molecule has 3 aliphatic rings. The minimum absolute atomic E-state index is 0.415. The van der Waals surface area contributed by atoms with Crippen molar-refractivity contribution in [3.8, 4) is 78.8 Å². The number of aromatic nitrogens is 2. The Labute approximate surface area is 362 Å². The van der Waals surface area contributed by atoms with Crippen LogP contribution >= 0.6 is 0 Å². The van der Waals surface area contributed by atoms with Crippen LogP contribution < -0.4 is 4.74 Å². The summed E-state index contributed by atoms with van der Waals surface area (Å²) in [6, 6.07) is 73.4. The summed E-state index contributed by atoms with van der Waals surface area (Å²) < 4.78 is 6.88. The fraction of sp³-hybridized carbons (Fsp3) is 0.0508. The summed E-state index contributed by atoms with van der Waals surface area (Å²) in [6.07, 6.45) is 6.70. The van der Waals surface area contributed by atoms with Crippen LogP contribution in [0.4, 0.5) is 0 Å². The molecule has 1 atom stereocenters. The molecule has 0 saturated carbocycles. The maximum Gasteiger partial charge on any atom is 0.160 e. The van der Waals surface area contributed by atoms with Crippen LogP contribution in [0.25, 0.3) is 72.9 Å². The fourth-order valence-corrected chi connectivity index (χ4v) is 10.0. The predicted molar refractivity (Wildman–Crippen MR) is 253 cm³/mol. The average molecular weight is 793 g/mol. The van der Waals surface area contributed by atoms with Crippen molar-refractivity contribution < 1.29 is 4.74 Å². The van der Waals surface area contributed by atoms with Gasteiger partial charge in [-0.3, -0.25) is 0 Å². The number of ether oxygens (including phenoxy) is 1. The molecule has 0 saturated heterocycles. The molecule has 3 heteroatoms. The number of fused-ring (bicyclic) bond motifs is 8. The number of hydrogen-bond acceptors (Lipinski definition) is 3. The van der Waals surface area contributed by atoms with Gasteiger partial charge < -0.3 is 4.74 Å². The summed E-state index contributed by atoms with van der Waals surface area (Å²) >= 11 is 0. The van der Waals surface area contributed by atoms with Gasteiger partial charge in [0.2, 0.25) is 0 Å². The van der Waals surface area contributed by atoms with Crippen molar-refractivity contribution >= 4 is 5.57 Å². The van der Waals surface area contributed by atoms with Crippen LogP contribution in [0.5, 0.6) is 11.5 Å². The molecule has 12 rings (SSSR count). The van der Waals surface area contributed by atoms with E-state index in [1.807, 2.05) is 0 Å². The zero-order valence-corrected chi connectivity index (χ0v) is 34.0. The highest BCUT2D eigenvalue weighted by Gasteiger charge is 2.51. The Morgan fingerprint density at radius 3 is 1.60 bits per heavy atom. The van der Waals surface area contributed by atoms with Crippen molar-refractivity contribution in [2.75, 3.05) is 0 Å². The molecular weight excluding hydrogens is 753 g/mol. The lowest BCUT2D eigenvalue weighted by atomic mass is 9.64. The summed E-state index contributed by atoms with van der Waals surface area (Å²) in [7, 11) is 0. The summed E-state index contributed by atoms with van der Waals surface area (Å²) in [5.41, 5.74) is 19.0. The zero-order valence-electron chi connectivity index (χ0n) is 34.0. The van der Waals surface area contributed by atoms with E-state index < -0.39 is 5.41 Å². The van der Waals surface area contributed by atoms with E-state index in [0.717, 1.165) is 74.7 Å². The van der Waals surface area contributed by atoms with Crippen molar-refractivity contribution in [2.45, 2.75) is 18.3 Å². The van der Waals surface area contributed by atoms with Crippen LogP contribution in [-0.2, 0) is 5.41 Å². The summed E-state index contributed by atoms with van der Waals surface area (Å²) in [5, 5.41) is 0. The van der Waals surface area contributed by atoms with Crippen molar-refractivity contribution in [3.63, 3.8) is 0 Å². The number of nitrogens with zero attached hydrogens (tertiary/aromatic N) is 2. The Hall–Kier alpha value is -7.88. The summed E-state index contributed by atoms with van der Waals surface area (Å²) in [5.74, 6) is 2.47. The van der Waals surface area contributed by atoms with Gasteiger partial charge in [-0.25, -0.2) is 9.97 Å². The number of rotatable bonds is 6. The smallest absolute Gasteiger partial charge is 0.160 e. The standard InChI is InChI=1S/C59H40N2O/c1-3-16-39(17-4-1)41-20-13-23-45(34-41)54-38-55(46-24-14-21-42(35-46)40-18-5-2-6-19-40)61-58(60-54)47-25-15-22-43(36-47)44-32-33-53-57(37-44)62-56-31-12-11-30-52(56)59(53)50-28-9-7-26-48(50)49-27-8-10-29-51(49)59/h1-9,11-28,30-38H,10,29H2. The second-order valence-corrected chi connectivity index (χ2v) is 16.4. The molecule has 62 heavy (non-hydrogen) atoms. The van der Waals surface area contributed by atoms with Gasteiger partial charge in [-0.2, -0.15) is 0 Å². The molecule has 8 aromatic carbocycles. The molecule has 1 aromatic heterocycles. The molecule has 1 spiro atoms. The van der Waals surface area contributed by atoms with Gasteiger partial charge in [0.25, 0.3) is 0 Å². The third-order valence-electron chi connectivity index (χ3n) is 12.9. The predicted octanol–water partition coefficient (Wildman–Crippen LogP) is 15.0. The monoisotopic (exact) mass is 792 g/mol. The molecule has 2 heterocycles. The molecule has 0 bridgehead atoms. The average Bonchev–Trinajstić information content (AvgIpc) is 3.65. The van der Waals surface area contributed by atoms with E-state index in [1.54, 1.807) is 0 Å². The quantitative estimate of drug-likeness (QED) is 0.168. The third-order valence-corrected chi connectivity index (χ3v) is 12.9. The normalized spacial score (nSPS) is 15.7. The van der Waals surface area contributed by atoms with Gasteiger partial charge in [-0.1, -0.05) is 182 Å². The molecule has 9 aromatic rings. The van der Waals surface area contributed by atoms with E-state index >= 15 is 0 Å². The lowest BCUT2D eigenvalue weighted by molar-refractivity contribution is 0.432. The Bertz CT molecular complexity index is 3170. The molecule has 2 aliphatic carbocycles. The van der Waals surface area contributed by atoms with Crippen molar-refractivity contribution in [2.24, 2.45) is 0 Å². The van der Waals surface area contributed by atoms with E-state index in [4.69, 9.17) is 14.7 Å². The number of allylic oxidation sites excluding steroid dienone is 4. The first-order valence-corrected chi connectivity index (χ1v) is 21.4. The Morgan fingerprint density at radius 2 is 0.903 bits per heavy atom. The molecule has 0 N–H and O–H groups in total. The van der Waals surface area contributed by atoms with Crippen LogP contribution in [0.2, 0.25) is 0 Å². The largest absolute Gasteiger partial charge is 0.457 e. The Balaban J connectivity index is 0.987. The van der Waals surface area contributed by atoms with Crippen molar-refractivity contribution in [3.05, 3.63) is 246 Å². The van der Waals surface area contributed by atoms with Crippen LogP contribution in [0.15, 0.2) is 224 Å². The first-order chi connectivity index (χ1) is 30.7. The van der Waals surface area contributed by atoms with Gasteiger partial charge in [-0.05, 0) is 105 Å². The molecule has 1 unspecified atom stereocenters. The second-order valence-electron chi connectivity index (χ2n) is 16.4. The summed E-state index contributed by atoms with van der Waals surface area (Å²) in [4.78, 5) is 10.6. The molecule has 0 radical (unpaired) electrons. The fourth-order valence-electron chi connectivity index (χ4n) is 10.0. The van der Waals surface area contributed by atoms with Gasteiger partial charge in [0, 0.05) is 27.8 Å². The molecule has 0 fully saturated rings.